The number of anilines is 1. The monoisotopic (exact) mass is 351 g/mol. The lowest BCUT2D eigenvalue weighted by molar-refractivity contribution is -0.660. The smallest absolute Gasteiger partial charge is 0.370 e. The molecule has 128 valence electrons. The maximum Gasteiger partial charge on any atom is 0.408 e. The summed E-state index contributed by atoms with van der Waals surface area (Å²) in [5.41, 5.74) is 4.55. The summed E-state index contributed by atoms with van der Waals surface area (Å²) < 4.78 is 2.07. The van der Waals surface area contributed by atoms with Crippen molar-refractivity contribution in [3.05, 3.63) is 70.7 Å². The Hall–Kier alpha value is -2.53. The first-order chi connectivity index (χ1) is 12.0. The molecular formula is C20H23N4S+. The number of thiazole rings is 1. The van der Waals surface area contributed by atoms with Crippen molar-refractivity contribution >= 4 is 27.8 Å². The summed E-state index contributed by atoms with van der Waals surface area (Å²) >= 11 is 1.66. The Morgan fingerprint density at radius 1 is 0.960 bits per heavy atom. The molecule has 0 N–H and O–H groups in total. The average Bonchev–Trinajstić information content (AvgIpc) is 2.88. The minimum Gasteiger partial charge on any atom is -0.370 e. The first-order valence-electron chi connectivity index (χ1n) is 8.27. The largest absolute Gasteiger partial charge is 0.408 e. The third kappa shape index (κ3) is 4.12. The topological polar surface area (TPSA) is 31.8 Å². The Bertz CT molecular complexity index is 867. The van der Waals surface area contributed by atoms with Gasteiger partial charge in [0.05, 0.1) is 17.0 Å². The minimum atomic E-state index is 0.862. The average molecular weight is 351 g/mol. The molecule has 25 heavy (non-hydrogen) atoms. The lowest BCUT2D eigenvalue weighted by atomic mass is 10.2. The molecule has 0 bridgehead atoms. The van der Waals surface area contributed by atoms with Crippen LogP contribution in [0.25, 0.3) is 0 Å². The van der Waals surface area contributed by atoms with Crippen LogP contribution in [0, 0.1) is 13.8 Å². The summed E-state index contributed by atoms with van der Waals surface area (Å²) in [6.07, 6.45) is 0. The number of hydrogen-bond donors (Lipinski definition) is 0. The van der Waals surface area contributed by atoms with E-state index in [0.717, 1.165) is 23.1 Å². The zero-order chi connectivity index (χ0) is 17.8. The molecule has 3 rings (SSSR count). The number of rotatable bonds is 5. The Labute approximate surface area is 153 Å². The molecule has 0 amide bonds. The van der Waals surface area contributed by atoms with E-state index in [1.165, 1.54) is 16.1 Å². The van der Waals surface area contributed by atoms with Gasteiger partial charge in [-0.2, -0.15) is 0 Å². The Balaban J connectivity index is 1.69. The summed E-state index contributed by atoms with van der Waals surface area (Å²) in [5.74, 6) is 0. The van der Waals surface area contributed by atoms with Gasteiger partial charge in [0.25, 0.3) is 0 Å². The van der Waals surface area contributed by atoms with Crippen molar-refractivity contribution in [3.63, 3.8) is 0 Å². The molecule has 0 aliphatic rings. The first-order valence-corrected chi connectivity index (χ1v) is 9.09. The molecule has 1 heterocycles. The molecule has 3 aromatic rings. The van der Waals surface area contributed by atoms with E-state index in [9.17, 15) is 0 Å². The molecule has 0 radical (unpaired) electrons. The minimum absolute atomic E-state index is 0.862. The lowest BCUT2D eigenvalue weighted by Crippen LogP contribution is -2.28. The summed E-state index contributed by atoms with van der Waals surface area (Å²) in [5, 5.41) is 9.68. The van der Waals surface area contributed by atoms with Crippen molar-refractivity contribution < 1.29 is 4.57 Å². The second-order valence-electron chi connectivity index (χ2n) is 6.14. The van der Waals surface area contributed by atoms with Gasteiger partial charge in [-0.15, -0.1) is 0 Å². The Kier molecular flexibility index (Phi) is 5.24. The highest BCUT2D eigenvalue weighted by atomic mass is 32.1. The first kappa shape index (κ1) is 17.3. The van der Waals surface area contributed by atoms with E-state index in [1.54, 1.807) is 11.3 Å². The molecule has 0 saturated heterocycles. The van der Waals surface area contributed by atoms with Gasteiger partial charge in [-0.25, -0.2) is 4.57 Å². The van der Waals surface area contributed by atoms with Crippen molar-refractivity contribution in [2.24, 2.45) is 17.3 Å². The lowest BCUT2D eigenvalue weighted by Gasteiger charge is -2.19. The third-order valence-corrected chi connectivity index (χ3v) is 5.49. The molecular weight excluding hydrogens is 328 g/mol. The van der Waals surface area contributed by atoms with Crippen LogP contribution in [0.1, 0.15) is 16.1 Å². The normalized spacial score (nSPS) is 11.2. The number of aryl methyl sites for hydroxylation is 1. The number of benzene rings is 2. The molecule has 4 nitrogen and oxygen atoms in total. The molecule has 0 atom stereocenters. The SMILES string of the molecule is Cc1sc(/N=N/c2ccc(N(C)Cc3ccccc3)cc2)[n+](C)c1C. The molecule has 2 aromatic carbocycles. The summed E-state index contributed by atoms with van der Waals surface area (Å²) in [4.78, 5) is 3.50. The fourth-order valence-corrected chi connectivity index (χ4v) is 3.48. The van der Waals surface area contributed by atoms with Crippen molar-refractivity contribution in [1.82, 2.24) is 0 Å². The van der Waals surface area contributed by atoms with Crippen molar-refractivity contribution in [1.29, 1.82) is 0 Å². The Morgan fingerprint density at radius 2 is 1.64 bits per heavy atom. The highest BCUT2D eigenvalue weighted by molar-refractivity contribution is 7.14. The van der Waals surface area contributed by atoms with Crippen LogP contribution < -0.4 is 9.47 Å². The molecule has 0 aliphatic heterocycles. The van der Waals surface area contributed by atoms with Crippen LogP contribution in [0.3, 0.4) is 0 Å². The highest BCUT2D eigenvalue weighted by Crippen LogP contribution is 2.25. The predicted molar refractivity (Wildman–Crippen MR) is 104 cm³/mol. The molecule has 5 heteroatoms. The van der Waals surface area contributed by atoms with E-state index in [2.05, 4.69) is 77.0 Å². The van der Waals surface area contributed by atoms with Crippen LogP contribution in [0.2, 0.25) is 0 Å². The van der Waals surface area contributed by atoms with Gasteiger partial charge in [0.15, 0.2) is 0 Å². The van der Waals surface area contributed by atoms with E-state index >= 15 is 0 Å². The van der Waals surface area contributed by atoms with Crippen molar-refractivity contribution in [3.8, 4) is 0 Å². The van der Waals surface area contributed by atoms with Crippen LogP contribution in [-0.2, 0) is 13.6 Å². The summed E-state index contributed by atoms with van der Waals surface area (Å²) in [6, 6.07) is 18.7. The van der Waals surface area contributed by atoms with Crippen LogP contribution in [-0.4, -0.2) is 7.05 Å². The molecule has 0 fully saturated rings. The van der Waals surface area contributed by atoms with Gasteiger partial charge in [-0.05, 0) is 60.1 Å². The van der Waals surface area contributed by atoms with Gasteiger partial charge in [0, 0.05) is 19.3 Å². The van der Waals surface area contributed by atoms with Gasteiger partial charge in [0.2, 0.25) is 0 Å². The van der Waals surface area contributed by atoms with Gasteiger partial charge in [-0.3, -0.25) is 0 Å². The molecule has 0 aliphatic carbocycles. The van der Waals surface area contributed by atoms with E-state index in [1.807, 2.05) is 25.2 Å². The fraction of sp³-hybridized carbons (Fsp3) is 0.250. The van der Waals surface area contributed by atoms with Crippen LogP contribution >= 0.6 is 11.3 Å². The zero-order valence-electron chi connectivity index (χ0n) is 15.1. The van der Waals surface area contributed by atoms with Gasteiger partial charge >= 0.3 is 5.13 Å². The van der Waals surface area contributed by atoms with Crippen LogP contribution in [0.15, 0.2) is 64.8 Å². The standard InChI is InChI=1S/C20H23N4S/c1-15-16(2)25-20(24(15)4)22-21-18-10-12-19(13-11-18)23(3)14-17-8-6-5-7-9-17/h5-13H,14H2,1-4H3/q+1. The van der Waals surface area contributed by atoms with Crippen molar-refractivity contribution in [2.45, 2.75) is 20.4 Å². The maximum atomic E-state index is 4.39. The molecule has 0 spiro atoms. The number of hydrogen-bond acceptors (Lipinski definition) is 4. The predicted octanol–water partition coefficient (Wildman–Crippen LogP) is 5.24. The number of aromatic nitrogens is 1. The number of azo groups is 1. The van der Waals surface area contributed by atoms with Crippen LogP contribution in [0.4, 0.5) is 16.5 Å². The van der Waals surface area contributed by atoms with E-state index < -0.39 is 0 Å². The van der Waals surface area contributed by atoms with E-state index in [-0.39, 0.29) is 0 Å². The maximum absolute atomic E-state index is 4.39. The molecule has 1 aromatic heterocycles. The summed E-state index contributed by atoms with van der Waals surface area (Å²) in [7, 11) is 4.12. The van der Waals surface area contributed by atoms with E-state index in [4.69, 9.17) is 0 Å². The van der Waals surface area contributed by atoms with Gasteiger partial charge in [-0.1, -0.05) is 30.3 Å². The fourth-order valence-electron chi connectivity index (χ4n) is 2.57. The second-order valence-corrected chi connectivity index (χ2v) is 7.32. The van der Waals surface area contributed by atoms with Gasteiger partial charge in [0.1, 0.15) is 11.4 Å². The van der Waals surface area contributed by atoms with Crippen molar-refractivity contribution in [2.75, 3.05) is 11.9 Å². The number of nitrogens with zero attached hydrogens (tertiary/aromatic N) is 4. The highest BCUT2D eigenvalue weighted by Gasteiger charge is 2.15. The quantitative estimate of drug-likeness (QED) is 0.457. The molecule has 0 saturated carbocycles. The Morgan fingerprint density at radius 3 is 2.24 bits per heavy atom. The molecule has 0 unspecified atom stereocenters. The summed E-state index contributed by atoms with van der Waals surface area (Å²) in [6.45, 7) is 5.09. The van der Waals surface area contributed by atoms with Gasteiger partial charge < -0.3 is 4.90 Å². The second kappa shape index (κ2) is 7.57. The van der Waals surface area contributed by atoms with Crippen LogP contribution in [0.5, 0.6) is 0 Å². The van der Waals surface area contributed by atoms with E-state index in [0.29, 0.717) is 0 Å². The zero-order valence-corrected chi connectivity index (χ0v) is 15.9. The third-order valence-electron chi connectivity index (χ3n) is 4.35.